The Morgan fingerprint density at radius 2 is 2.22 bits per heavy atom. The fourth-order valence-corrected chi connectivity index (χ4v) is 1.11. The maximum absolute atomic E-state index is 3.16. The Kier molecular flexibility index (Phi) is 1.06. The molecule has 2 radical (unpaired) electrons. The van der Waals surface area contributed by atoms with Crippen molar-refractivity contribution in [1.29, 1.82) is 0 Å². The minimum atomic E-state index is 0.996. The number of hydrogen-bond donors (Lipinski definition) is 1. The Labute approximate surface area is 55.4 Å². The molecular formula is C7H7BN-. The Morgan fingerprint density at radius 3 is 3.11 bits per heavy atom. The van der Waals surface area contributed by atoms with Crippen LogP contribution in [-0.4, -0.2) is 7.41 Å². The molecule has 0 saturated carbocycles. The van der Waals surface area contributed by atoms with Gasteiger partial charge < -0.3 is 5.23 Å². The molecule has 1 nitrogen and oxygen atoms in total. The van der Waals surface area contributed by atoms with Crippen LogP contribution in [0.15, 0.2) is 24.3 Å². The van der Waals surface area contributed by atoms with Crippen molar-refractivity contribution in [3.63, 3.8) is 0 Å². The highest BCUT2D eigenvalue weighted by molar-refractivity contribution is 6.52. The first-order valence-corrected chi connectivity index (χ1v) is 3.11. The molecule has 1 aliphatic heterocycles. The van der Waals surface area contributed by atoms with Crippen LogP contribution in [0.3, 0.4) is 0 Å². The third-order valence-corrected chi connectivity index (χ3v) is 1.61. The zero-order valence-corrected chi connectivity index (χ0v) is 5.09. The Balaban J connectivity index is 2.54. The first kappa shape index (κ1) is 5.06. The van der Waals surface area contributed by atoms with Crippen LogP contribution >= 0.6 is 0 Å². The van der Waals surface area contributed by atoms with Crippen molar-refractivity contribution < 1.29 is 0 Å². The molecule has 0 fully saturated rings. The molecular weight excluding hydrogens is 109 g/mol. The Bertz CT molecular complexity index is 199. The van der Waals surface area contributed by atoms with E-state index in [2.05, 4.69) is 36.9 Å². The van der Waals surface area contributed by atoms with Gasteiger partial charge in [0, 0.05) is 0 Å². The first-order chi connectivity index (χ1) is 4.47. The highest BCUT2D eigenvalue weighted by Gasteiger charge is 1.93. The van der Waals surface area contributed by atoms with Crippen LogP contribution in [0.4, 0.5) is 0 Å². The van der Waals surface area contributed by atoms with Gasteiger partial charge in [-0.25, -0.2) is 7.41 Å². The molecule has 0 atom stereocenters. The lowest BCUT2D eigenvalue weighted by Crippen LogP contribution is -2.18. The molecule has 0 aromatic heterocycles. The van der Waals surface area contributed by atoms with E-state index in [1.807, 2.05) is 0 Å². The standard InChI is InChI=1S/C7H7BN/c1-2-4-7-6(3-1)5-9-8-7/h1-4,9H,5H2/q-1. The molecule has 1 aromatic rings. The van der Waals surface area contributed by atoms with E-state index in [4.69, 9.17) is 0 Å². The van der Waals surface area contributed by atoms with E-state index in [0.29, 0.717) is 0 Å². The summed E-state index contributed by atoms with van der Waals surface area (Å²) >= 11 is 0. The number of benzene rings is 1. The summed E-state index contributed by atoms with van der Waals surface area (Å²) in [6.45, 7) is 0.996. The largest absolute Gasteiger partial charge is 0.546 e. The molecule has 0 amide bonds. The molecule has 0 spiro atoms. The van der Waals surface area contributed by atoms with Gasteiger partial charge in [-0.3, -0.25) is 5.46 Å². The van der Waals surface area contributed by atoms with Gasteiger partial charge in [0.2, 0.25) is 0 Å². The topological polar surface area (TPSA) is 12.0 Å². The fraction of sp³-hybridized carbons (Fsp3) is 0.143. The van der Waals surface area contributed by atoms with Crippen LogP contribution in [0.5, 0.6) is 0 Å². The molecule has 1 N–H and O–H groups in total. The average molecular weight is 116 g/mol. The van der Waals surface area contributed by atoms with E-state index in [0.717, 1.165) is 6.54 Å². The van der Waals surface area contributed by atoms with Crippen LogP contribution in [0.2, 0.25) is 0 Å². The van der Waals surface area contributed by atoms with E-state index in [1.165, 1.54) is 11.0 Å². The van der Waals surface area contributed by atoms with Gasteiger partial charge in [0.15, 0.2) is 0 Å². The maximum atomic E-state index is 3.16. The van der Waals surface area contributed by atoms with Gasteiger partial charge in [-0.15, -0.1) is 6.07 Å². The van der Waals surface area contributed by atoms with Crippen molar-refractivity contribution in [3.05, 3.63) is 29.8 Å². The molecule has 0 saturated heterocycles. The van der Waals surface area contributed by atoms with E-state index in [1.54, 1.807) is 0 Å². The van der Waals surface area contributed by atoms with Crippen molar-refractivity contribution in [2.75, 3.05) is 0 Å². The first-order valence-electron chi connectivity index (χ1n) is 3.11. The third-order valence-electron chi connectivity index (χ3n) is 1.61. The lowest BCUT2D eigenvalue weighted by Gasteiger charge is -2.04. The summed E-state index contributed by atoms with van der Waals surface area (Å²) in [5.74, 6) is 0. The highest BCUT2D eigenvalue weighted by Crippen LogP contribution is 1.98. The molecule has 1 heterocycles. The Morgan fingerprint density at radius 1 is 1.33 bits per heavy atom. The van der Waals surface area contributed by atoms with Gasteiger partial charge in [0.05, 0.1) is 0 Å². The zero-order chi connectivity index (χ0) is 6.10. The number of hydrogen-bond acceptors (Lipinski definition) is 1. The lowest BCUT2D eigenvalue weighted by atomic mass is 9.85. The average Bonchev–Trinajstić information content (AvgIpc) is 2.33. The predicted molar refractivity (Wildman–Crippen MR) is 38.7 cm³/mol. The van der Waals surface area contributed by atoms with Crippen LogP contribution in [0.1, 0.15) is 5.56 Å². The molecule has 0 unspecified atom stereocenters. The minimum Gasteiger partial charge on any atom is -0.546 e. The molecule has 9 heavy (non-hydrogen) atoms. The maximum Gasteiger partial charge on any atom is -0.0225 e. The summed E-state index contributed by atoms with van der Waals surface area (Å²) in [5.41, 5.74) is 2.73. The highest BCUT2D eigenvalue weighted by atomic mass is 14.8. The van der Waals surface area contributed by atoms with Crippen molar-refractivity contribution >= 4 is 12.9 Å². The molecule has 1 aromatic carbocycles. The summed E-state index contributed by atoms with van der Waals surface area (Å²) in [6, 6.07) is 8.39. The van der Waals surface area contributed by atoms with Crippen molar-refractivity contribution in [1.82, 2.24) is 5.23 Å². The second-order valence-electron chi connectivity index (χ2n) is 2.22. The second-order valence-corrected chi connectivity index (χ2v) is 2.22. The van der Waals surface area contributed by atoms with Crippen LogP contribution in [0, 0.1) is 0 Å². The quantitative estimate of drug-likeness (QED) is 0.471. The number of rotatable bonds is 0. The summed E-state index contributed by atoms with van der Waals surface area (Å²) in [5, 5.41) is 3.16. The van der Waals surface area contributed by atoms with Gasteiger partial charge in [-0.05, 0) is 6.54 Å². The molecule has 44 valence electrons. The summed E-state index contributed by atoms with van der Waals surface area (Å²) < 4.78 is 0. The monoisotopic (exact) mass is 116 g/mol. The van der Waals surface area contributed by atoms with Crippen molar-refractivity contribution in [2.24, 2.45) is 0 Å². The summed E-state index contributed by atoms with van der Waals surface area (Å²) in [7, 11) is 2.05. The second kappa shape index (κ2) is 1.88. The minimum absolute atomic E-state index is 0.996. The van der Waals surface area contributed by atoms with E-state index >= 15 is 0 Å². The molecule has 2 heteroatoms. The van der Waals surface area contributed by atoms with Crippen molar-refractivity contribution in [3.8, 4) is 0 Å². The molecule has 1 aliphatic rings. The van der Waals surface area contributed by atoms with Gasteiger partial charge in [-0.2, -0.15) is 0 Å². The number of nitrogens with one attached hydrogen (secondary N) is 1. The molecule has 0 aliphatic carbocycles. The number of fused-ring (bicyclic) bond motifs is 1. The van der Waals surface area contributed by atoms with Gasteiger partial charge in [-0.1, -0.05) is 23.8 Å². The summed E-state index contributed by atoms with van der Waals surface area (Å²) in [4.78, 5) is 0. The molecule has 0 bridgehead atoms. The summed E-state index contributed by atoms with van der Waals surface area (Å²) in [6.07, 6.45) is 0. The van der Waals surface area contributed by atoms with E-state index in [9.17, 15) is 0 Å². The van der Waals surface area contributed by atoms with Gasteiger partial charge >= 0.3 is 0 Å². The normalized spacial score (nSPS) is 15.6. The van der Waals surface area contributed by atoms with Gasteiger partial charge in [0.25, 0.3) is 0 Å². The predicted octanol–water partition coefficient (Wildman–Crippen LogP) is 0.0343. The van der Waals surface area contributed by atoms with Crippen LogP contribution in [0.25, 0.3) is 0 Å². The third kappa shape index (κ3) is 0.755. The molecule has 2 rings (SSSR count). The Hall–Kier alpha value is -0.755. The van der Waals surface area contributed by atoms with E-state index < -0.39 is 0 Å². The van der Waals surface area contributed by atoms with Crippen molar-refractivity contribution in [2.45, 2.75) is 6.54 Å². The van der Waals surface area contributed by atoms with Gasteiger partial charge in [0.1, 0.15) is 0 Å². The smallest absolute Gasteiger partial charge is 0.0225 e. The van der Waals surface area contributed by atoms with E-state index in [-0.39, 0.29) is 0 Å². The zero-order valence-electron chi connectivity index (χ0n) is 5.09. The fourth-order valence-electron chi connectivity index (χ4n) is 1.11. The van der Waals surface area contributed by atoms with Crippen LogP contribution < -0.4 is 10.7 Å². The lowest BCUT2D eigenvalue weighted by molar-refractivity contribution is 0.991. The van der Waals surface area contributed by atoms with Crippen LogP contribution in [-0.2, 0) is 6.54 Å². The SMILES string of the molecule is [B-]1NCc2ccccc21.